The summed E-state index contributed by atoms with van der Waals surface area (Å²) in [6.07, 6.45) is 0.933. The highest BCUT2D eigenvalue weighted by molar-refractivity contribution is 7.12. The Labute approximate surface area is 110 Å². The van der Waals surface area contributed by atoms with Crippen molar-refractivity contribution in [3.63, 3.8) is 0 Å². The van der Waals surface area contributed by atoms with Gasteiger partial charge in [0.15, 0.2) is 6.04 Å². The summed E-state index contributed by atoms with van der Waals surface area (Å²) in [6, 6.07) is 12.6. The van der Waals surface area contributed by atoms with Gasteiger partial charge in [0.05, 0.1) is 0 Å². The van der Waals surface area contributed by atoms with Crippen molar-refractivity contribution in [3.05, 3.63) is 52.2 Å². The van der Waals surface area contributed by atoms with E-state index in [1.807, 2.05) is 42.5 Å². The third-order valence-corrected chi connectivity index (χ3v) is 3.94. The van der Waals surface area contributed by atoms with Crippen molar-refractivity contribution in [3.8, 4) is 0 Å². The second-order valence-electron chi connectivity index (χ2n) is 3.94. The van der Waals surface area contributed by atoms with Gasteiger partial charge >= 0.3 is 5.97 Å². The molecule has 1 aromatic carbocycles. The van der Waals surface area contributed by atoms with Crippen LogP contribution in [0.15, 0.2) is 42.5 Å². The van der Waals surface area contributed by atoms with Gasteiger partial charge in [-0.1, -0.05) is 25.1 Å². The summed E-state index contributed by atoms with van der Waals surface area (Å²) in [6.45, 7) is 2.07. The number of thiophene rings is 1. The Bertz CT molecular complexity index is 522. The van der Waals surface area contributed by atoms with Crippen molar-refractivity contribution in [1.82, 2.24) is 0 Å². The molecule has 0 spiro atoms. The van der Waals surface area contributed by atoms with Crippen LogP contribution in [0, 0.1) is 0 Å². The van der Waals surface area contributed by atoms with Crippen LogP contribution in [-0.2, 0) is 11.2 Å². The molecule has 4 heteroatoms. The predicted octanol–water partition coefficient (Wildman–Crippen LogP) is 3.55. The van der Waals surface area contributed by atoms with Crippen molar-refractivity contribution >= 4 is 23.0 Å². The van der Waals surface area contributed by atoms with E-state index in [1.165, 1.54) is 4.88 Å². The maximum atomic E-state index is 11.3. The number of benzene rings is 1. The van der Waals surface area contributed by atoms with E-state index in [4.69, 9.17) is 0 Å². The molecule has 2 aromatic rings. The van der Waals surface area contributed by atoms with Crippen LogP contribution in [0.1, 0.15) is 22.7 Å². The number of aliphatic carboxylic acids is 1. The summed E-state index contributed by atoms with van der Waals surface area (Å²) in [7, 11) is 0. The van der Waals surface area contributed by atoms with E-state index in [-0.39, 0.29) is 0 Å². The first-order chi connectivity index (χ1) is 8.70. The van der Waals surface area contributed by atoms with Crippen LogP contribution in [0.5, 0.6) is 0 Å². The zero-order valence-corrected chi connectivity index (χ0v) is 10.9. The summed E-state index contributed by atoms with van der Waals surface area (Å²) >= 11 is 1.55. The third-order valence-electron chi connectivity index (χ3n) is 2.65. The van der Waals surface area contributed by atoms with Crippen LogP contribution in [0.25, 0.3) is 0 Å². The second-order valence-corrected chi connectivity index (χ2v) is 5.14. The van der Waals surface area contributed by atoms with E-state index < -0.39 is 12.0 Å². The predicted molar refractivity (Wildman–Crippen MR) is 74.1 cm³/mol. The first-order valence-corrected chi connectivity index (χ1v) is 6.65. The molecule has 1 heterocycles. The summed E-state index contributed by atoms with van der Waals surface area (Å²) in [5, 5.41) is 12.4. The van der Waals surface area contributed by atoms with Crippen molar-refractivity contribution in [2.24, 2.45) is 0 Å². The Kier molecular flexibility index (Phi) is 3.99. The molecule has 1 unspecified atom stereocenters. The second kappa shape index (κ2) is 5.69. The van der Waals surface area contributed by atoms with E-state index in [9.17, 15) is 9.90 Å². The van der Waals surface area contributed by atoms with Gasteiger partial charge in [-0.3, -0.25) is 0 Å². The number of aryl methyl sites for hydroxylation is 1. The molecule has 18 heavy (non-hydrogen) atoms. The first kappa shape index (κ1) is 12.6. The summed E-state index contributed by atoms with van der Waals surface area (Å²) in [5.41, 5.74) is 0.816. The van der Waals surface area contributed by atoms with Gasteiger partial charge in [-0.2, -0.15) is 0 Å². The van der Waals surface area contributed by atoms with Crippen molar-refractivity contribution in [2.75, 3.05) is 5.32 Å². The molecule has 0 saturated carbocycles. The molecule has 0 amide bonds. The van der Waals surface area contributed by atoms with Gasteiger partial charge < -0.3 is 10.4 Å². The number of anilines is 1. The molecule has 0 aliphatic rings. The fourth-order valence-corrected chi connectivity index (χ4v) is 2.69. The number of nitrogens with one attached hydrogen (secondary N) is 1. The van der Waals surface area contributed by atoms with Crippen molar-refractivity contribution in [1.29, 1.82) is 0 Å². The maximum Gasteiger partial charge on any atom is 0.331 e. The van der Waals surface area contributed by atoms with Crippen LogP contribution in [-0.4, -0.2) is 11.1 Å². The third kappa shape index (κ3) is 2.90. The Morgan fingerprint density at radius 1 is 1.28 bits per heavy atom. The lowest BCUT2D eigenvalue weighted by Crippen LogP contribution is -2.19. The molecule has 2 N–H and O–H groups in total. The SMILES string of the molecule is CCc1ccc(C(Nc2ccccc2)C(=O)O)s1. The zero-order valence-electron chi connectivity index (χ0n) is 10.1. The Balaban J connectivity index is 2.21. The fraction of sp³-hybridized carbons (Fsp3) is 0.214. The molecule has 0 aliphatic heterocycles. The summed E-state index contributed by atoms with van der Waals surface area (Å²) in [4.78, 5) is 13.4. The van der Waals surface area contributed by atoms with Gasteiger partial charge in [0.2, 0.25) is 0 Å². The van der Waals surface area contributed by atoms with Crippen molar-refractivity contribution in [2.45, 2.75) is 19.4 Å². The van der Waals surface area contributed by atoms with E-state index in [2.05, 4.69) is 12.2 Å². The molecule has 0 fully saturated rings. The molecule has 1 aromatic heterocycles. The molecule has 0 bridgehead atoms. The average molecular weight is 261 g/mol. The minimum atomic E-state index is -0.858. The van der Waals surface area contributed by atoms with Gasteiger partial charge in [-0.15, -0.1) is 11.3 Å². The lowest BCUT2D eigenvalue weighted by molar-refractivity contribution is -0.138. The minimum Gasteiger partial charge on any atom is -0.479 e. The Morgan fingerprint density at radius 2 is 2.00 bits per heavy atom. The molecule has 1 atom stereocenters. The van der Waals surface area contributed by atoms with Crippen LogP contribution in [0.3, 0.4) is 0 Å². The van der Waals surface area contributed by atoms with Crippen LogP contribution >= 0.6 is 11.3 Å². The number of carbonyl (C=O) groups is 1. The van der Waals surface area contributed by atoms with Crippen molar-refractivity contribution < 1.29 is 9.90 Å². The van der Waals surface area contributed by atoms with Crippen LogP contribution < -0.4 is 5.32 Å². The smallest absolute Gasteiger partial charge is 0.331 e. The van der Waals surface area contributed by atoms with Crippen LogP contribution in [0.2, 0.25) is 0 Å². The molecular weight excluding hydrogens is 246 g/mol. The number of carboxylic acids is 1. The van der Waals surface area contributed by atoms with Gasteiger partial charge in [0, 0.05) is 15.4 Å². The molecule has 3 nitrogen and oxygen atoms in total. The number of carboxylic acid groups (broad SMARTS) is 1. The largest absolute Gasteiger partial charge is 0.479 e. The highest BCUT2D eigenvalue weighted by atomic mass is 32.1. The average Bonchev–Trinajstić information content (AvgIpc) is 2.85. The van der Waals surface area contributed by atoms with E-state index >= 15 is 0 Å². The summed E-state index contributed by atoms with van der Waals surface area (Å²) in [5.74, 6) is -0.858. The van der Waals surface area contributed by atoms with Gasteiger partial charge in [0.25, 0.3) is 0 Å². The van der Waals surface area contributed by atoms with E-state index in [1.54, 1.807) is 11.3 Å². The number of hydrogen-bond acceptors (Lipinski definition) is 3. The Hall–Kier alpha value is -1.81. The maximum absolute atomic E-state index is 11.3. The number of rotatable bonds is 5. The fourth-order valence-electron chi connectivity index (χ4n) is 1.70. The number of para-hydroxylation sites is 1. The van der Waals surface area contributed by atoms with Gasteiger partial charge in [-0.25, -0.2) is 4.79 Å². The molecule has 0 saturated heterocycles. The first-order valence-electron chi connectivity index (χ1n) is 5.83. The topological polar surface area (TPSA) is 49.3 Å². The van der Waals surface area contributed by atoms with E-state index in [0.29, 0.717) is 0 Å². The van der Waals surface area contributed by atoms with Gasteiger partial charge in [0.1, 0.15) is 0 Å². The molecule has 0 radical (unpaired) electrons. The van der Waals surface area contributed by atoms with E-state index in [0.717, 1.165) is 17.0 Å². The monoisotopic (exact) mass is 261 g/mol. The van der Waals surface area contributed by atoms with Crippen LogP contribution in [0.4, 0.5) is 5.69 Å². The van der Waals surface area contributed by atoms with Gasteiger partial charge in [-0.05, 0) is 30.7 Å². The molecular formula is C14H15NO2S. The lowest BCUT2D eigenvalue weighted by atomic mass is 10.2. The zero-order chi connectivity index (χ0) is 13.0. The minimum absolute atomic E-state index is 0.683. The number of hydrogen-bond donors (Lipinski definition) is 2. The highest BCUT2D eigenvalue weighted by Gasteiger charge is 2.21. The lowest BCUT2D eigenvalue weighted by Gasteiger charge is -2.14. The molecule has 2 rings (SSSR count). The Morgan fingerprint density at radius 3 is 2.56 bits per heavy atom. The molecule has 94 valence electrons. The summed E-state index contributed by atoms with van der Waals surface area (Å²) < 4.78 is 0. The molecule has 0 aliphatic carbocycles. The highest BCUT2D eigenvalue weighted by Crippen LogP contribution is 2.27. The standard InChI is InChI=1S/C14H15NO2S/c1-2-11-8-9-12(18-11)13(14(16)17)15-10-6-4-3-5-7-10/h3-9,13,15H,2H2,1H3,(H,16,17). The quantitative estimate of drug-likeness (QED) is 0.865. The normalized spacial score (nSPS) is 12.1.